The minimum absolute atomic E-state index is 0.197. The molecule has 0 radical (unpaired) electrons. The van der Waals surface area contributed by atoms with Crippen molar-refractivity contribution in [1.29, 1.82) is 0 Å². The number of nitrogens with one attached hydrogen (secondary N) is 1. The van der Waals surface area contributed by atoms with Crippen molar-refractivity contribution in [1.82, 2.24) is 14.9 Å². The number of aliphatic hydroxyl groups is 1. The average molecular weight is 379 g/mol. The third kappa shape index (κ3) is 3.73. The highest BCUT2D eigenvalue weighted by Gasteiger charge is 2.26. The first-order valence-electron chi connectivity index (χ1n) is 9.73. The number of fused-ring (bicyclic) bond motifs is 1. The van der Waals surface area contributed by atoms with Crippen LogP contribution in [0, 0.1) is 0 Å². The number of hydrogen-bond donors (Lipinski definition) is 2. The molecule has 28 heavy (non-hydrogen) atoms. The molecule has 2 N–H and O–H groups in total. The molecule has 2 heterocycles. The number of amides is 1. The zero-order chi connectivity index (χ0) is 19.5. The molecule has 1 fully saturated rings. The number of hydrogen-bond acceptors (Lipinski definition) is 4. The molecule has 0 saturated heterocycles. The summed E-state index contributed by atoms with van der Waals surface area (Å²) in [5.41, 5.74) is 3.52. The van der Waals surface area contributed by atoms with Crippen molar-refractivity contribution in [2.24, 2.45) is 0 Å². The topological polar surface area (TPSA) is 75.9 Å². The summed E-state index contributed by atoms with van der Waals surface area (Å²) in [6.07, 6.45) is 5.44. The van der Waals surface area contributed by atoms with Crippen LogP contribution in [0.1, 0.15) is 47.3 Å². The first kappa shape index (κ1) is 18.5. The van der Waals surface area contributed by atoms with Crippen LogP contribution in [-0.2, 0) is 6.42 Å². The quantitative estimate of drug-likeness (QED) is 0.715. The minimum atomic E-state index is -0.479. The number of benzene rings is 1. The Balaban J connectivity index is 1.63. The minimum Gasteiger partial charge on any atom is -0.497 e. The maximum absolute atomic E-state index is 12.9. The Morgan fingerprint density at radius 1 is 1.25 bits per heavy atom. The van der Waals surface area contributed by atoms with Gasteiger partial charge >= 0.3 is 0 Å². The lowest BCUT2D eigenvalue weighted by atomic mass is 9.92. The molecule has 0 bridgehead atoms. The number of aromatic nitrogens is 2. The van der Waals surface area contributed by atoms with Gasteiger partial charge in [0.15, 0.2) is 0 Å². The van der Waals surface area contributed by atoms with E-state index >= 15 is 0 Å². The largest absolute Gasteiger partial charge is 0.497 e. The van der Waals surface area contributed by atoms with E-state index in [1.54, 1.807) is 17.8 Å². The maximum Gasteiger partial charge on any atom is 0.270 e. The van der Waals surface area contributed by atoms with Crippen LogP contribution in [0.25, 0.3) is 5.52 Å². The number of carbonyl (C=O) groups is 1. The number of rotatable bonds is 5. The summed E-state index contributed by atoms with van der Waals surface area (Å²) in [6, 6.07) is 13.5. The number of methoxy groups -OCH3 is 1. The van der Waals surface area contributed by atoms with E-state index in [9.17, 15) is 9.90 Å². The van der Waals surface area contributed by atoms with Crippen molar-refractivity contribution < 1.29 is 14.6 Å². The van der Waals surface area contributed by atoms with Gasteiger partial charge in [0.25, 0.3) is 5.91 Å². The van der Waals surface area contributed by atoms with Gasteiger partial charge in [-0.2, -0.15) is 5.10 Å². The Hall–Kier alpha value is -2.86. The number of nitrogens with zero attached hydrogens (tertiary/aromatic N) is 2. The summed E-state index contributed by atoms with van der Waals surface area (Å²) in [5.74, 6) is 0.611. The monoisotopic (exact) mass is 379 g/mol. The molecule has 0 unspecified atom stereocenters. The van der Waals surface area contributed by atoms with Gasteiger partial charge in [-0.1, -0.05) is 25.0 Å². The summed E-state index contributed by atoms with van der Waals surface area (Å²) < 4.78 is 6.99. The van der Waals surface area contributed by atoms with Crippen LogP contribution in [0.3, 0.4) is 0 Å². The summed E-state index contributed by atoms with van der Waals surface area (Å²) in [5, 5.41) is 17.6. The molecule has 1 saturated carbocycles. The van der Waals surface area contributed by atoms with Gasteiger partial charge in [0.2, 0.25) is 0 Å². The number of aliphatic hydroxyl groups excluding tert-OH is 1. The normalized spacial score (nSPS) is 19.5. The summed E-state index contributed by atoms with van der Waals surface area (Å²) >= 11 is 0. The average Bonchev–Trinajstić information content (AvgIpc) is 3.08. The fourth-order valence-corrected chi connectivity index (χ4v) is 3.93. The standard InChI is InChI=1S/C22H25N3O3/c1-28-17-7-4-6-15(13-17)12-16-14-20(25-19(16)9-5-11-23-25)22(27)24-18-8-2-3-10-21(18)26/h4-7,9,11,13-14,18,21,26H,2-3,8,10,12H2,1H3,(H,24,27)/t18-,21-/m0/s1. The van der Waals surface area contributed by atoms with E-state index in [-0.39, 0.29) is 11.9 Å². The van der Waals surface area contributed by atoms with E-state index in [0.717, 1.165) is 48.1 Å². The van der Waals surface area contributed by atoms with E-state index in [0.29, 0.717) is 12.1 Å². The second-order valence-electron chi connectivity index (χ2n) is 7.34. The van der Waals surface area contributed by atoms with Gasteiger partial charge in [-0.25, -0.2) is 4.52 Å². The third-order valence-electron chi connectivity index (χ3n) is 5.43. The molecule has 146 valence electrons. The van der Waals surface area contributed by atoms with Crippen LogP contribution in [0.15, 0.2) is 48.7 Å². The zero-order valence-electron chi connectivity index (χ0n) is 16.0. The van der Waals surface area contributed by atoms with E-state index < -0.39 is 6.10 Å². The van der Waals surface area contributed by atoms with Gasteiger partial charge in [0.1, 0.15) is 11.4 Å². The van der Waals surface area contributed by atoms with Gasteiger partial charge in [0, 0.05) is 6.20 Å². The van der Waals surface area contributed by atoms with Crippen LogP contribution >= 0.6 is 0 Å². The Bertz CT molecular complexity index is 982. The smallest absolute Gasteiger partial charge is 0.270 e. The van der Waals surface area contributed by atoms with Gasteiger partial charge < -0.3 is 15.2 Å². The SMILES string of the molecule is COc1cccc(Cc2cc(C(=O)N[C@H]3CCCC[C@@H]3O)n3ncccc23)c1. The summed E-state index contributed by atoms with van der Waals surface area (Å²) in [7, 11) is 1.65. The third-order valence-corrected chi connectivity index (χ3v) is 5.43. The van der Waals surface area contributed by atoms with E-state index in [4.69, 9.17) is 4.74 Å². The van der Waals surface area contributed by atoms with Crippen molar-refractivity contribution >= 4 is 11.4 Å². The lowest BCUT2D eigenvalue weighted by molar-refractivity contribution is 0.0712. The fraction of sp³-hybridized carbons (Fsp3) is 0.364. The zero-order valence-corrected chi connectivity index (χ0v) is 16.0. The highest BCUT2D eigenvalue weighted by molar-refractivity contribution is 5.94. The van der Waals surface area contributed by atoms with Crippen molar-refractivity contribution in [2.75, 3.05) is 7.11 Å². The molecule has 2 aromatic heterocycles. The highest BCUT2D eigenvalue weighted by atomic mass is 16.5. The Kier molecular flexibility index (Phi) is 5.30. The Morgan fingerprint density at radius 2 is 2.11 bits per heavy atom. The fourth-order valence-electron chi connectivity index (χ4n) is 3.93. The second-order valence-corrected chi connectivity index (χ2v) is 7.34. The van der Waals surface area contributed by atoms with E-state index in [1.807, 2.05) is 42.5 Å². The molecule has 2 atom stereocenters. The molecule has 1 aliphatic rings. The van der Waals surface area contributed by atoms with Crippen LogP contribution in [0.5, 0.6) is 5.75 Å². The van der Waals surface area contributed by atoms with Crippen molar-refractivity contribution in [3.8, 4) is 5.75 Å². The second kappa shape index (κ2) is 8.02. The van der Waals surface area contributed by atoms with Crippen molar-refractivity contribution in [3.05, 3.63) is 65.5 Å². The van der Waals surface area contributed by atoms with Gasteiger partial charge in [0.05, 0.1) is 24.8 Å². The van der Waals surface area contributed by atoms with Crippen molar-refractivity contribution in [3.63, 3.8) is 0 Å². The predicted molar refractivity (Wildman–Crippen MR) is 107 cm³/mol. The van der Waals surface area contributed by atoms with Crippen LogP contribution < -0.4 is 10.1 Å². The molecule has 0 aliphatic heterocycles. The van der Waals surface area contributed by atoms with Crippen molar-refractivity contribution in [2.45, 2.75) is 44.2 Å². The van der Waals surface area contributed by atoms with Gasteiger partial charge in [-0.05, 0) is 60.7 Å². The summed E-state index contributed by atoms with van der Waals surface area (Å²) in [4.78, 5) is 12.9. The highest BCUT2D eigenvalue weighted by Crippen LogP contribution is 2.23. The summed E-state index contributed by atoms with van der Waals surface area (Å²) in [6.45, 7) is 0. The van der Waals surface area contributed by atoms with E-state index in [2.05, 4.69) is 10.4 Å². The lowest BCUT2D eigenvalue weighted by Crippen LogP contribution is -2.45. The molecule has 1 amide bonds. The predicted octanol–water partition coefficient (Wildman–Crippen LogP) is 2.97. The molecular formula is C22H25N3O3. The molecule has 1 aromatic carbocycles. The molecule has 4 rings (SSSR count). The Morgan fingerprint density at radius 3 is 2.93 bits per heavy atom. The molecule has 6 heteroatoms. The first-order valence-corrected chi connectivity index (χ1v) is 9.73. The van der Waals surface area contributed by atoms with Crippen LogP contribution in [0.4, 0.5) is 0 Å². The van der Waals surface area contributed by atoms with E-state index in [1.165, 1.54) is 0 Å². The van der Waals surface area contributed by atoms with Gasteiger partial charge in [-0.3, -0.25) is 4.79 Å². The first-order chi connectivity index (χ1) is 13.7. The molecule has 3 aromatic rings. The number of carbonyl (C=O) groups excluding carboxylic acids is 1. The maximum atomic E-state index is 12.9. The van der Waals surface area contributed by atoms with Crippen LogP contribution in [-0.4, -0.2) is 39.9 Å². The molecule has 0 spiro atoms. The molecular weight excluding hydrogens is 354 g/mol. The molecule has 6 nitrogen and oxygen atoms in total. The number of ether oxygens (including phenoxy) is 1. The Labute approximate surface area is 164 Å². The van der Waals surface area contributed by atoms with Crippen LogP contribution in [0.2, 0.25) is 0 Å². The van der Waals surface area contributed by atoms with Gasteiger partial charge in [-0.15, -0.1) is 0 Å². The molecule has 1 aliphatic carbocycles. The lowest BCUT2D eigenvalue weighted by Gasteiger charge is -2.28.